The Labute approximate surface area is 140 Å². The summed E-state index contributed by atoms with van der Waals surface area (Å²) in [5.41, 5.74) is -0.714. The summed E-state index contributed by atoms with van der Waals surface area (Å²) in [6, 6.07) is 4.52. The summed E-state index contributed by atoms with van der Waals surface area (Å²) in [5, 5.41) is 0. The van der Waals surface area contributed by atoms with Crippen molar-refractivity contribution in [3.05, 3.63) is 29.8 Å². The number of ether oxygens (including phenoxy) is 1. The van der Waals surface area contributed by atoms with Crippen molar-refractivity contribution in [1.29, 1.82) is 0 Å². The van der Waals surface area contributed by atoms with Crippen molar-refractivity contribution in [2.75, 3.05) is 6.61 Å². The first-order chi connectivity index (χ1) is 11.3. The van der Waals surface area contributed by atoms with E-state index in [9.17, 15) is 22.8 Å². The van der Waals surface area contributed by atoms with Crippen LogP contribution in [0.1, 0.15) is 51.5 Å². The maximum absolute atomic E-state index is 12.4. The van der Waals surface area contributed by atoms with Gasteiger partial charge in [-0.2, -0.15) is 13.2 Å². The maximum Gasteiger partial charge on any atom is 0.416 e. The van der Waals surface area contributed by atoms with E-state index >= 15 is 0 Å². The number of halogens is 3. The normalized spacial score (nSPS) is 11.6. The highest BCUT2D eigenvalue weighted by molar-refractivity contribution is 6.02. The van der Waals surface area contributed by atoms with Crippen LogP contribution in [0.4, 0.5) is 13.2 Å². The third-order valence-electron chi connectivity index (χ3n) is 3.81. The zero-order chi connectivity index (χ0) is 18.2. The van der Waals surface area contributed by atoms with E-state index in [2.05, 4.69) is 0 Å². The fraction of sp³-hybridized carbons (Fsp3) is 0.556. The smallest absolute Gasteiger partial charge is 0.416 e. The van der Waals surface area contributed by atoms with E-state index in [0.29, 0.717) is 44.5 Å². The Balaban J connectivity index is 2.37. The average molecular weight is 344 g/mol. The predicted octanol–water partition coefficient (Wildman–Crippen LogP) is 4.83. The van der Waals surface area contributed by atoms with Crippen LogP contribution in [-0.2, 0) is 15.8 Å². The standard InChI is InChI=1S/C18H23F3O3/c1-3-16(22)15(17(23)4-2)7-5-6-12-24-14-10-8-13(9-11-14)18(19,20)21/h8-11,15H,3-7,12H2,1-2H3. The molecule has 0 bridgehead atoms. The topological polar surface area (TPSA) is 43.4 Å². The van der Waals surface area contributed by atoms with Crippen molar-refractivity contribution in [2.24, 2.45) is 5.92 Å². The Morgan fingerprint density at radius 3 is 2.00 bits per heavy atom. The molecule has 6 heteroatoms. The van der Waals surface area contributed by atoms with Crippen molar-refractivity contribution >= 4 is 11.6 Å². The molecule has 1 rings (SSSR count). The van der Waals surface area contributed by atoms with E-state index < -0.39 is 17.7 Å². The monoisotopic (exact) mass is 344 g/mol. The number of hydrogen-bond donors (Lipinski definition) is 0. The van der Waals surface area contributed by atoms with Crippen molar-refractivity contribution in [3.8, 4) is 5.75 Å². The van der Waals surface area contributed by atoms with Gasteiger partial charge in [0.15, 0.2) is 0 Å². The van der Waals surface area contributed by atoms with Gasteiger partial charge in [0.25, 0.3) is 0 Å². The molecule has 3 nitrogen and oxygen atoms in total. The van der Waals surface area contributed by atoms with Crippen LogP contribution in [0.25, 0.3) is 0 Å². The fourth-order valence-electron chi connectivity index (χ4n) is 2.38. The predicted molar refractivity (Wildman–Crippen MR) is 84.9 cm³/mol. The summed E-state index contributed by atoms with van der Waals surface area (Å²) < 4.78 is 42.7. The number of carbonyl (C=O) groups is 2. The van der Waals surface area contributed by atoms with Gasteiger partial charge in [0.05, 0.1) is 18.1 Å². The van der Waals surface area contributed by atoms with E-state index in [4.69, 9.17) is 4.74 Å². The van der Waals surface area contributed by atoms with Gasteiger partial charge >= 0.3 is 6.18 Å². The first kappa shape index (κ1) is 20.2. The summed E-state index contributed by atoms with van der Waals surface area (Å²) in [6.45, 7) is 3.82. The molecule has 0 unspecified atom stereocenters. The van der Waals surface area contributed by atoms with Crippen LogP contribution >= 0.6 is 0 Å². The SMILES string of the molecule is CCC(=O)C(CCCCOc1ccc(C(F)(F)F)cc1)C(=O)CC. The number of hydrogen-bond acceptors (Lipinski definition) is 3. The van der Waals surface area contributed by atoms with Gasteiger partial charge in [-0.15, -0.1) is 0 Å². The second-order valence-corrected chi connectivity index (χ2v) is 5.56. The third-order valence-corrected chi connectivity index (χ3v) is 3.81. The number of alkyl halides is 3. The Morgan fingerprint density at radius 1 is 1.00 bits per heavy atom. The molecule has 1 aromatic rings. The minimum atomic E-state index is -4.36. The number of ketones is 2. The van der Waals surface area contributed by atoms with Gasteiger partial charge in [0.1, 0.15) is 17.3 Å². The second kappa shape index (κ2) is 9.45. The number of benzene rings is 1. The summed E-state index contributed by atoms with van der Waals surface area (Å²) >= 11 is 0. The molecule has 0 atom stereocenters. The van der Waals surface area contributed by atoms with Crippen LogP contribution in [0.15, 0.2) is 24.3 Å². The highest BCUT2D eigenvalue weighted by atomic mass is 19.4. The Hall–Kier alpha value is -1.85. The van der Waals surface area contributed by atoms with Crippen LogP contribution in [0.3, 0.4) is 0 Å². The first-order valence-electron chi connectivity index (χ1n) is 8.15. The van der Waals surface area contributed by atoms with E-state index in [1.165, 1.54) is 12.1 Å². The number of rotatable bonds is 10. The quantitative estimate of drug-likeness (QED) is 0.451. The highest BCUT2D eigenvalue weighted by Gasteiger charge is 2.30. The molecule has 0 aliphatic heterocycles. The Morgan fingerprint density at radius 2 is 1.54 bits per heavy atom. The van der Waals surface area contributed by atoms with E-state index in [0.717, 1.165) is 12.1 Å². The molecule has 0 spiro atoms. The van der Waals surface area contributed by atoms with Crippen LogP contribution in [-0.4, -0.2) is 18.2 Å². The molecule has 1 aromatic carbocycles. The Bertz CT molecular complexity index is 519. The lowest BCUT2D eigenvalue weighted by molar-refractivity contribution is -0.137. The lowest BCUT2D eigenvalue weighted by atomic mass is 9.90. The summed E-state index contributed by atoms with van der Waals surface area (Å²) in [6.07, 6.45) is -1.88. The van der Waals surface area contributed by atoms with Gasteiger partial charge in [-0.05, 0) is 43.5 Å². The molecule has 0 amide bonds. The average Bonchev–Trinajstić information content (AvgIpc) is 2.56. The largest absolute Gasteiger partial charge is 0.494 e. The lowest BCUT2D eigenvalue weighted by Gasteiger charge is -2.13. The maximum atomic E-state index is 12.4. The van der Waals surface area contributed by atoms with Gasteiger partial charge in [0.2, 0.25) is 0 Å². The molecule has 24 heavy (non-hydrogen) atoms. The number of unbranched alkanes of at least 4 members (excludes halogenated alkanes) is 1. The van der Waals surface area contributed by atoms with Gasteiger partial charge in [-0.1, -0.05) is 13.8 Å². The first-order valence-corrected chi connectivity index (χ1v) is 8.15. The molecule has 0 saturated carbocycles. The van der Waals surface area contributed by atoms with Crippen LogP contribution in [0.5, 0.6) is 5.75 Å². The van der Waals surface area contributed by atoms with Crippen molar-refractivity contribution in [3.63, 3.8) is 0 Å². The lowest BCUT2D eigenvalue weighted by Crippen LogP contribution is -2.23. The zero-order valence-corrected chi connectivity index (χ0v) is 14.0. The Kier molecular flexibility index (Phi) is 7.95. The summed E-state index contributed by atoms with van der Waals surface area (Å²) in [4.78, 5) is 23.5. The van der Waals surface area contributed by atoms with Crippen LogP contribution < -0.4 is 4.74 Å². The zero-order valence-electron chi connectivity index (χ0n) is 14.0. The molecule has 0 aromatic heterocycles. The van der Waals surface area contributed by atoms with Crippen molar-refractivity contribution < 1.29 is 27.5 Å². The second-order valence-electron chi connectivity index (χ2n) is 5.56. The van der Waals surface area contributed by atoms with E-state index in [-0.39, 0.29) is 11.6 Å². The van der Waals surface area contributed by atoms with Crippen LogP contribution in [0, 0.1) is 5.92 Å². The highest BCUT2D eigenvalue weighted by Crippen LogP contribution is 2.30. The van der Waals surface area contributed by atoms with Gasteiger partial charge in [-0.25, -0.2) is 0 Å². The molecule has 0 N–H and O–H groups in total. The van der Waals surface area contributed by atoms with E-state index in [1.807, 2.05) is 0 Å². The fourth-order valence-corrected chi connectivity index (χ4v) is 2.38. The number of carbonyl (C=O) groups excluding carboxylic acids is 2. The minimum absolute atomic E-state index is 0.0366. The number of Topliss-reactive ketones (excluding diaryl/α,β-unsaturated/α-hetero) is 2. The minimum Gasteiger partial charge on any atom is -0.494 e. The van der Waals surface area contributed by atoms with E-state index in [1.54, 1.807) is 13.8 Å². The summed E-state index contributed by atoms with van der Waals surface area (Å²) in [5.74, 6) is -0.240. The molecule has 0 aliphatic carbocycles. The summed E-state index contributed by atoms with van der Waals surface area (Å²) in [7, 11) is 0. The molecule has 134 valence electrons. The molecular formula is C18H23F3O3. The molecule has 0 saturated heterocycles. The molecule has 0 radical (unpaired) electrons. The van der Waals surface area contributed by atoms with Crippen LogP contribution in [0.2, 0.25) is 0 Å². The molecule has 0 heterocycles. The van der Waals surface area contributed by atoms with Crippen molar-refractivity contribution in [2.45, 2.75) is 52.1 Å². The molecule has 0 fully saturated rings. The van der Waals surface area contributed by atoms with Gasteiger partial charge < -0.3 is 4.74 Å². The molecular weight excluding hydrogens is 321 g/mol. The van der Waals surface area contributed by atoms with Gasteiger partial charge in [0, 0.05) is 12.8 Å². The molecule has 0 aliphatic rings. The van der Waals surface area contributed by atoms with Gasteiger partial charge in [-0.3, -0.25) is 9.59 Å². The third kappa shape index (κ3) is 6.34. The van der Waals surface area contributed by atoms with Crippen molar-refractivity contribution in [1.82, 2.24) is 0 Å².